The number of pyridine rings is 2. The molecule has 0 unspecified atom stereocenters. The van der Waals surface area contributed by atoms with E-state index in [1.165, 1.54) is 16.2 Å². The Morgan fingerprint density at radius 3 is 1.84 bits per heavy atom. The van der Waals surface area contributed by atoms with Gasteiger partial charge in [-0.25, -0.2) is 0 Å². The summed E-state index contributed by atoms with van der Waals surface area (Å²) in [7, 11) is -3.27. The fourth-order valence-corrected chi connectivity index (χ4v) is 8.36. The molecular formula is C34H25N2OP. The molecule has 0 bridgehead atoms. The van der Waals surface area contributed by atoms with Gasteiger partial charge in [-0.3, -0.25) is 0 Å². The van der Waals surface area contributed by atoms with Crippen LogP contribution in [0.4, 0.5) is 0 Å². The fraction of sp³-hybridized carbons (Fsp3) is 0. The third-order valence-electron chi connectivity index (χ3n) is 7.38. The predicted octanol–water partition coefficient (Wildman–Crippen LogP) is 6.54. The molecule has 4 heteroatoms. The summed E-state index contributed by atoms with van der Waals surface area (Å²) in [4.78, 5) is 22.3. The zero-order valence-corrected chi connectivity index (χ0v) is 21.6. The third-order valence-corrected chi connectivity index (χ3v) is 10.8. The van der Waals surface area contributed by atoms with Crippen LogP contribution in [0.2, 0.25) is 0 Å². The predicted molar refractivity (Wildman–Crippen MR) is 162 cm³/mol. The van der Waals surface area contributed by atoms with Gasteiger partial charge in [-0.05, 0) is 0 Å². The molecule has 2 aromatic heterocycles. The Balaban J connectivity index is 1.44. The first-order chi connectivity index (χ1) is 18.7. The molecule has 0 aliphatic heterocycles. The summed E-state index contributed by atoms with van der Waals surface area (Å²) in [5, 5.41) is 7.67. The molecule has 0 radical (unpaired) electrons. The second kappa shape index (κ2) is 9.15. The van der Waals surface area contributed by atoms with Crippen molar-refractivity contribution in [1.82, 2.24) is 9.97 Å². The minimum absolute atomic E-state index is 0.703. The summed E-state index contributed by atoms with van der Waals surface area (Å²) < 4.78 is 0. The molecule has 2 heterocycles. The van der Waals surface area contributed by atoms with Crippen molar-refractivity contribution in [2.75, 3.05) is 0 Å². The zero-order chi connectivity index (χ0) is 25.5. The number of fused-ring (bicyclic) bond motifs is 5. The van der Waals surface area contributed by atoms with Crippen molar-refractivity contribution in [2.45, 2.75) is 0 Å². The van der Waals surface area contributed by atoms with Gasteiger partial charge in [0.15, 0.2) is 0 Å². The molecule has 0 amide bonds. The van der Waals surface area contributed by atoms with Crippen LogP contribution in [0.25, 0.3) is 43.7 Å². The van der Waals surface area contributed by atoms with Gasteiger partial charge in [-0.2, -0.15) is 0 Å². The van der Waals surface area contributed by atoms with Crippen molar-refractivity contribution in [2.24, 2.45) is 0 Å². The summed E-state index contributed by atoms with van der Waals surface area (Å²) in [6.07, 6.45) is 1.87. The third kappa shape index (κ3) is 3.60. The Labute approximate surface area is 221 Å². The molecule has 0 aliphatic rings. The van der Waals surface area contributed by atoms with E-state index in [9.17, 15) is 4.89 Å². The Kier molecular flexibility index (Phi) is 5.47. The summed E-state index contributed by atoms with van der Waals surface area (Å²) in [5.41, 5.74) is 3.48. The van der Waals surface area contributed by atoms with Gasteiger partial charge in [0.1, 0.15) is 0 Å². The van der Waals surface area contributed by atoms with Gasteiger partial charge in [0.05, 0.1) is 0 Å². The van der Waals surface area contributed by atoms with Gasteiger partial charge in [0, 0.05) is 0 Å². The minimum atomic E-state index is -3.27. The van der Waals surface area contributed by atoms with Crippen LogP contribution in [0.3, 0.4) is 0 Å². The van der Waals surface area contributed by atoms with Crippen molar-refractivity contribution >= 4 is 56.0 Å². The first kappa shape index (κ1) is 22.7. The Bertz CT molecular complexity index is 1870. The standard InChI is InChI=1S/C34H25N2OP/c37-38(26-12-3-1-4-13-26,27-14-5-2-6-15-27)32-22-20-25(23-35-32)34-30-21-19-24-11-7-8-16-28(24)33(30)29-17-9-10-18-31(29)36-34/h1-23,37-38H. The summed E-state index contributed by atoms with van der Waals surface area (Å²) in [6, 6.07) is 45.0. The van der Waals surface area contributed by atoms with Crippen LogP contribution in [0.5, 0.6) is 0 Å². The Morgan fingerprint density at radius 2 is 1.16 bits per heavy atom. The van der Waals surface area contributed by atoms with Crippen LogP contribution >= 0.6 is 7.49 Å². The summed E-state index contributed by atoms with van der Waals surface area (Å²) in [6.45, 7) is 0. The average Bonchev–Trinajstić information content (AvgIpc) is 3.01. The molecule has 5 aromatic carbocycles. The van der Waals surface area contributed by atoms with Crippen molar-refractivity contribution < 1.29 is 4.89 Å². The number of para-hydroxylation sites is 1. The van der Waals surface area contributed by atoms with Crippen LogP contribution in [-0.2, 0) is 0 Å². The Hall–Kier alpha value is -4.43. The number of hydrogen-bond acceptors (Lipinski definition) is 3. The molecule has 7 rings (SSSR count). The summed E-state index contributed by atoms with van der Waals surface area (Å²) >= 11 is 0. The monoisotopic (exact) mass is 508 g/mol. The molecule has 3 nitrogen and oxygen atoms in total. The first-order valence-electron chi connectivity index (χ1n) is 12.7. The van der Waals surface area contributed by atoms with E-state index in [2.05, 4.69) is 60.7 Å². The second-order valence-electron chi connectivity index (χ2n) is 9.56. The van der Waals surface area contributed by atoms with Crippen LogP contribution in [0.1, 0.15) is 0 Å². The van der Waals surface area contributed by atoms with E-state index in [-0.39, 0.29) is 0 Å². The van der Waals surface area contributed by atoms with E-state index in [1.54, 1.807) is 0 Å². The fourth-order valence-electron chi connectivity index (χ4n) is 5.51. The summed E-state index contributed by atoms with van der Waals surface area (Å²) in [5.74, 6) is 0. The van der Waals surface area contributed by atoms with E-state index < -0.39 is 7.49 Å². The van der Waals surface area contributed by atoms with E-state index >= 15 is 0 Å². The van der Waals surface area contributed by atoms with Crippen LogP contribution in [0, 0.1) is 0 Å². The van der Waals surface area contributed by atoms with E-state index in [4.69, 9.17) is 9.97 Å². The molecule has 0 saturated heterocycles. The molecule has 1 N–H and O–H groups in total. The molecule has 38 heavy (non-hydrogen) atoms. The van der Waals surface area contributed by atoms with E-state index in [0.29, 0.717) is 5.44 Å². The molecule has 0 fully saturated rings. The van der Waals surface area contributed by atoms with Crippen molar-refractivity contribution in [1.29, 1.82) is 0 Å². The van der Waals surface area contributed by atoms with Crippen molar-refractivity contribution in [3.8, 4) is 11.3 Å². The molecule has 0 spiro atoms. The van der Waals surface area contributed by atoms with Crippen molar-refractivity contribution in [3.05, 3.63) is 140 Å². The zero-order valence-electron chi connectivity index (χ0n) is 20.6. The van der Waals surface area contributed by atoms with Crippen LogP contribution < -0.4 is 16.0 Å². The topological polar surface area (TPSA) is 46.0 Å². The quantitative estimate of drug-likeness (QED) is 0.217. The molecule has 7 aromatic rings. The van der Waals surface area contributed by atoms with Gasteiger partial charge >= 0.3 is 222 Å². The van der Waals surface area contributed by atoms with Gasteiger partial charge in [0.2, 0.25) is 0 Å². The molecule has 0 aliphatic carbocycles. The second-order valence-corrected chi connectivity index (χ2v) is 12.6. The number of benzene rings is 5. The normalized spacial score (nSPS) is 12.2. The van der Waals surface area contributed by atoms with Gasteiger partial charge in [-0.15, -0.1) is 0 Å². The SMILES string of the molecule is O[PH](c1ccccc1)(c1ccccc1)c1ccc(-c2nc3ccccc3c3c2ccc2ccccc23)cn1. The number of hydrogen-bond donors (Lipinski definition) is 1. The number of rotatable bonds is 4. The van der Waals surface area contributed by atoms with Gasteiger partial charge < -0.3 is 0 Å². The molecule has 0 atom stereocenters. The molecule has 0 saturated carbocycles. The number of nitrogens with zero attached hydrogens (tertiary/aromatic N) is 2. The van der Waals surface area contributed by atoms with Crippen LogP contribution in [-0.4, -0.2) is 14.9 Å². The Morgan fingerprint density at radius 1 is 0.526 bits per heavy atom. The molecule has 182 valence electrons. The van der Waals surface area contributed by atoms with Gasteiger partial charge in [-0.1, -0.05) is 0 Å². The maximum absolute atomic E-state index is 12.3. The molecular weight excluding hydrogens is 483 g/mol. The van der Waals surface area contributed by atoms with Crippen molar-refractivity contribution in [3.63, 3.8) is 0 Å². The van der Waals surface area contributed by atoms with Crippen LogP contribution in [0.15, 0.2) is 140 Å². The van der Waals surface area contributed by atoms with E-state index in [1.807, 2.05) is 79.0 Å². The van der Waals surface area contributed by atoms with Gasteiger partial charge in [0.25, 0.3) is 0 Å². The average molecular weight is 509 g/mol. The maximum atomic E-state index is 12.3. The number of aromatic nitrogens is 2. The van der Waals surface area contributed by atoms with E-state index in [0.717, 1.165) is 38.2 Å². The first-order valence-corrected chi connectivity index (χ1v) is 14.7.